The molecule has 2 heteroatoms. The van der Waals surface area contributed by atoms with Gasteiger partial charge in [0.05, 0.1) is 12.5 Å². The molecule has 2 atom stereocenters. The van der Waals surface area contributed by atoms with Gasteiger partial charge >= 0.3 is 0 Å². The van der Waals surface area contributed by atoms with Crippen LogP contribution in [0.2, 0.25) is 0 Å². The zero-order valence-corrected chi connectivity index (χ0v) is 9.39. The molecule has 1 aromatic rings. The van der Waals surface area contributed by atoms with E-state index < -0.39 is 0 Å². The number of hydrogen-bond donors (Lipinski definition) is 0. The lowest BCUT2D eigenvalue weighted by molar-refractivity contribution is 0.556. The third-order valence-corrected chi connectivity index (χ3v) is 2.48. The van der Waals surface area contributed by atoms with E-state index in [1.807, 2.05) is 12.5 Å². The largest absolute Gasteiger partial charge is 0.472 e. The topological polar surface area (TPSA) is 13.1 Å². The highest BCUT2D eigenvalue weighted by Gasteiger charge is 2.12. The first-order valence-corrected chi connectivity index (χ1v) is 5.19. The Bertz CT molecular complexity index is 240. The highest BCUT2D eigenvalue weighted by molar-refractivity contribution is 9.09. The molecular weight excluding hydrogens is 216 g/mol. The van der Waals surface area contributed by atoms with Crippen LogP contribution in [0.5, 0.6) is 0 Å². The van der Waals surface area contributed by atoms with Gasteiger partial charge in [-0.25, -0.2) is 0 Å². The maximum Gasteiger partial charge on any atom is 0.0940 e. The predicted octanol–water partition coefficient (Wildman–Crippen LogP) is 3.87. The Balaban J connectivity index is 2.65. The molecule has 0 spiro atoms. The molecule has 12 heavy (non-hydrogen) atoms. The summed E-state index contributed by atoms with van der Waals surface area (Å²) in [6.07, 6.45) is 4.82. The van der Waals surface area contributed by atoms with Gasteiger partial charge in [0.2, 0.25) is 0 Å². The first-order valence-electron chi connectivity index (χ1n) is 4.28. The fraction of sp³-hybridized carbons (Fsp3) is 0.600. The van der Waals surface area contributed by atoms with Gasteiger partial charge in [-0.1, -0.05) is 29.8 Å². The SMILES string of the molecule is Cc1cocc1C(C)CC(C)Br. The van der Waals surface area contributed by atoms with Gasteiger partial charge in [-0.05, 0) is 30.4 Å². The van der Waals surface area contributed by atoms with Crippen molar-refractivity contribution in [1.82, 2.24) is 0 Å². The molecule has 0 saturated carbocycles. The highest BCUT2D eigenvalue weighted by Crippen LogP contribution is 2.26. The lowest BCUT2D eigenvalue weighted by atomic mass is 9.96. The van der Waals surface area contributed by atoms with E-state index in [1.54, 1.807) is 0 Å². The van der Waals surface area contributed by atoms with Crippen molar-refractivity contribution in [3.63, 3.8) is 0 Å². The summed E-state index contributed by atoms with van der Waals surface area (Å²) in [4.78, 5) is 0.571. The second-order valence-electron chi connectivity index (χ2n) is 3.43. The molecule has 0 aliphatic heterocycles. The molecule has 68 valence electrons. The van der Waals surface area contributed by atoms with E-state index in [0.717, 1.165) is 6.42 Å². The van der Waals surface area contributed by atoms with E-state index in [1.165, 1.54) is 11.1 Å². The summed E-state index contributed by atoms with van der Waals surface area (Å²) in [6.45, 7) is 6.50. The lowest BCUT2D eigenvalue weighted by Crippen LogP contribution is -2.00. The predicted molar refractivity (Wildman–Crippen MR) is 54.9 cm³/mol. The summed E-state index contributed by atoms with van der Waals surface area (Å²) in [5.74, 6) is 0.582. The van der Waals surface area contributed by atoms with Crippen molar-refractivity contribution in [2.45, 2.75) is 37.9 Å². The van der Waals surface area contributed by atoms with Crippen molar-refractivity contribution in [2.24, 2.45) is 0 Å². The van der Waals surface area contributed by atoms with Crippen molar-refractivity contribution >= 4 is 15.9 Å². The van der Waals surface area contributed by atoms with Gasteiger partial charge in [-0.2, -0.15) is 0 Å². The Morgan fingerprint density at radius 3 is 2.50 bits per heavy atom. The fourth-order valence-corrected chi connectivity index (χ4v) is 2.05. The molecule has 1 heterocycles. The van der Waals surface area contributed by atoms with Gasteiger partial charge in [-0.15, -0.1) is 0 Å². The van der Waals surface area contributed by atoms with Gasteiger partial charge in [0.25, 0.3) is 0 Å². The average Bonchev–Trinajstić information content (AvgIpc) is 2.33. The summed E-state index contributed by atoms with van der Waals surface area (Å²) >= 11 is 3.55. The summed E-state index contributed by atoms with van der Waals surface area (Å²) in [7, 11) is 0. The van der Waals surface area contributed by atoms with E-state index in [4.69, 9.17) is 4.42 Å². The minimum atomic E-state index is 0.571. The van der Waals surface area contributed by atoms with Crippen LogP contribution in [0.3, 0.4) is 0 Å². The van der Waals surface area contributed by atoms with E-state index in [0.29, 0.717) is 10.7 Å². The molecule has 0 aliphatic rings. The highest BCUT2D eigenvalue weighted by atomic mass is 79.9. The summed E-state index contributed by atoms with van der Waals surface area (Å²) in [5, 5.41) is 0. The maximum absolute atomic E-state index is 5.13. The Hall–Kier alpha value is -0.240. The zero-order chi connectivity index (χ0) is 9.14. The summed E-state index contributed by atoms with van der Waals surface area (Å²) in [5.41, 5.74) is 2.59. The number of furan rings is 1. The molecule has 1 nitrogen and oxygen atoms in total. The molecule has 1 aromatic heterocycles. The fourth-order valence-electron chi connectivity index (χ4n) is 1.49. The Morgan fingerprint density at radius 1 is 1.42 bits per heavy atom. The molecule has 0 aliphatic carbocycles. The van der Waals surface area contributed by atoms with Gasteiger partial charge < -0.3 is 4.42 Å². The van der Waals surface area contributed by atoms with Crippen LogP contribution >= 0.6 is 15.9 Å². The minimum Gasteiger partial charge on any atom is -0.472 e. The number of hydrogen-bond acceptors (Lipinski definition) is 1. The standard InChI is InChI=1S/C10H15BrO/c1-7(4-9(3)11)10-6-12-5-8(10)2/h5-7,9H,4H2,1-3H3. The van der Waals surface area contributed by atoms with Gasteiger partial charge in [0.1, 0.15) is 0 Å². The molecule has 0 amide bonds. The maximum atomic E-state index is 5.13. The first-order chi connectivity index (χ1) is 5.61. The van der Waals surface area contributed by atoms with Crippen LogP contribution in [0.15, 0.2) is 16.9 Å². The van der Waals surface area contributed by atoms with E-state index >= 15 is 0 Å². The number of halogens is 1. The van der Waals surface area contributed by atoms with Crippen LogP contribution in [0, 0.1) is 6.92 Å². The Labute approximate surface area is 82.3 Å². The number of aryl methyl sites for hydroxylation is 1. The molecular formula is C10H15BrO. The Kier molecular flexibility index (Phi) is 3.39. The second kappa shape index (κ2) is 4.13. The number of rotatable bonds is 3. The third-order valence-electron chi connectivity index (χ3n) is 2.10. The van der Waals surface area contributed by atoms with Crippen LogP contribution in [0.1, 0.15) is 37.3 Å². The molecule has 2 unspecified atom stereocenters. The molecule has 1 rings (SSSR count). The van der Waals surface area contributed by atoms with Gasteiger partial charge in [0.15, 0.2) is 0 Å². The molecule has 0 fully saturated rings. The van der Waals surface area contributed by atoms with E-state index in [9.17, 15) is 0 Å². The monoisotopic (exact) mass is 230 g/mol. The molecule has 0 N–H and O–H groups in total. The minimum absolute atomic E-state index is 0.571. The van der Waals surface area contributed by atoms with Crippen LogP contribution < -0.4 is 0 Å². The summed E-state index contributed by atoms with van der Waals surface area (Å²) < 4.78 is 5.13. The summed E-state index contributed by atoms with van der Waals surface area (Å²) in [6, 6.07) is 0. The van der Waals surface area contributed by atoms with Gasteiger partial charge in [-0.3, -0.25) is 0 Å². The molecule has 0 saturated heterocycles. The molecule has 0 aromatic carbocycles. The number of alkyl halides is 1. The van der Waals surface area contributed by atoms with Crippen molar-refractivity contribution < 1.29 is 4.42 Å². The average molecular weight is 231 g/mol. The van der Waals surface area contributed by atoms with Crippen molar-refractivity contribution in [3.05, 3.63) is 23.7 Å². The quantitative estimate of drug-likeness (QED) is 0.720. The Morgan fingerprint density at radius 2 is 2.08 bits per heavy atom. The van der Waals surface area contributed by atoms with Crippen LogP contribution in [0.4, 0.5) is 0 Å². The molecule has 0 bridgehead atoms. The van der Waals surface area contributed by atoms with Crippen molar-refractivity contribution in [1.29, 1.82) is 0 Å². The lowest BCUT2D eigenvalue weighted by Gasteiger charge is -2.11. The van der Waals surface area contributed by atoms with Crippen LogP contribution in [-0.4, -0.2) is 4.83 Å². The van der Waals surface area contributed by atoms with Gasteiger partial charge in [0, 0.05) is 4.83 Å². The van der Waals surface area contributed by atoms with E-state index in [2.05, 4.69) is 36.7 Å². The normalized spacial score (nSPS) is 16.0. The second-order valence-corrected chi connectivity index (χ2v) is 4.99. The first kappa shape index (κ1) is 9.85. The van der Waals surface area contributed by atoms with Crippen molar-refractivity contribution in [3.8, 4) is 0 Å². The van der Waals surface area contributed by atoms with Crippen LogP contribution in [0.25, 0.3) is 0 Å². The smallest absolute Gasteiger partial charge is 0.0940 e. The van der Waals surface area contributed by atoms with Crippen molar-refractivity contribution in [2.75, 3.05) is 0 Å². The van der Waals surface area contributed by atoms with Crippen LogP contribution in [-0.2, 0) is 0 Å². The van der Waals surface area contributed by atoms with E-state index in [-0.39, 0.29) is 0 Å². The zero-order valence-electron chi connectivity index (χ0n) is 7.80. The third kappa shape index (κ3) is 2.37. The molecule has 0 radical (unpaired) electrons.